The fourth-order valence-electron chi connectivity index (χ4n) is 1.03. The van der Waals surface area contributed by atoms with E-state index in [-0.39, 0.29) is 0 Å². The molecule has 0 bridgehead atoms. The second kappa shape index (κ2) is 4.76. The van der Waals surface area contributed by atoms with Gasteiger partial charge in [-0.25, -0.2) is 4.79 Å². The van der Waals surface area contributed by atoms with Crippen molar-refractivity contribution in [1.82, 2.24) is 9.78 Å². The fourth-order valence-corrected chi connectivity index (χ4v) is 1.03. The Morgan fingerprint density at radius 2 is 2.50 bits per heavy atom. The van der Waals surface area contributed by atoms with Gasteiger partial charge in [0.15, 0.2) is 6.10 Å². The van der Waals surface area contributed by atoms with Crippen LogP contribution in [-0.4, -0.2) is 33.6 Å². The van der Waals surface area contributed by atoms with Crippen LogP contribution in [0.15, 0.2) is 12.4 Å². The molecule has 0 amide bonds. The lowest BCUT2D eigenvalue weighted by molar-refractivity contribution is -0.149. The van der Waals surface area contributed by atoms with E-state index in [2.05, 4.69) is 5.10 Å². The van der Waals surface area contributed by atoms with E-state index >= 15 is 0 Å². The molecule has 0 saturated heterocycles. The standard InChI is InChI=1S/C9H14N2O3/c1-7(9(12)13)14-4-3-8-5-10-11(2)6-8/h5-7H,3-4H2,1-2H3,(H,12,13)/t7-/m0/s1. The molecular formula is C9H14N2O3. The minimum Gasteiger partial charge on any atom is -0.479 e. The highest BCUT2D eigenvalue weighted by Crippen LogP contribution is 1.99. The molecule has 1 heterocycles. The summed E-state index contributed by atoms with van der Waals surface area (Å²) in [5.41, 5.74) is 1.05. The third kappa shape index (κ3) is 3.18. The zero-order valence-corrected chi connectivity index (χ0v) is 8.30. The maximum Gasteiger partial charge on any atom is 0.332 e. The molecule has 0 aliphatic carbocycles. The van der Waals surface area contributed by atoms with Crippen molar-refractivity contribution < 1.29 is 14.6 Å². The Morgan fingerprint density at radius 3 is 3.00 bits per heavy atom. The first-order valence-electron chi connectivity index (χ1n) is 4.41. The van der Waals surface area contributed by atoms with Crippen LogP contribution < -0.4 is 0 Å². The van der Waals surface area contributed by atoms with E-state index in [1.807, 2.05) is 13.2 Å². The number of carboxylic acids is 1. The molecular weight excluding hydrogens is 184 g/mol. The maximum absolute atomic E-state index is 10.4. The van der Waals surface area contributed by atoms with Gasteiger partial charge >= 0.3 is 5.97 Å². The van der Waals surface area contributed by atoms with Gasteiger partial charge in [-0.3, -0.25) is 4.68 Å². The molecule has 5 heteroatoms. The zero-order valence-electron chi connectivity index (χ0n) is 8.30. The molecule has 5 nitrogen and oxygen atoms in total. The molecule has 0 fully saturated rings. The second-order valence-corrected chi connectivity index (χ2v) is 3.12. The minimum absolute atomic E-state index is 0.402. The molecule has 0 radical (unpaired) electrons. The fraction of sp³-hybridized carbons (Fsp3) is 0.556. The summed E-state index contributed by atoms with van der Waals surface area (Å²) in [6.07, 6.45) is 3.57. The number of aromatic nitrogens is 2. The van der Waals surface area contributed by atoms with Crippen molar-refractivity contribution in [2.45, 2.75) is 19.4 Å². The first-order valence-corrected chi connectivity index (χ1v) is 4.41. The van der Waals surface area contributed by atoms with Gasteiger partial charge in [-0.1, -0.05) is 0 Å². The van der Waals surface area contributed by atoms with Crippen LogP contribution in [0.4, 0.5) is 0 Å². The number of hydrogen-bond acceptors (Lipinski definition) is 3. The molecule has 14 heavy (non-hydrogen) atoms. The van der Waals surface area contributed by atoms with E-state index in [9.17, 15) is 4.79 Å². The summed E-state index contributed by atoms with van der Waals surface area (Å²) < 4.78 is 6.78. The lowest BCUT2D eigenvalue weighted by atomic mass is 10.3. The third-order valence-corrected chi connectivity index (χ3v) is 1.86. The van der Waals surface area contributed by atoms with Gasteiger partial charge in [0, 0.05) is 13.2 Å². The molecule has 0 aliphatic rings. The van der Waals surface area contributed by atoms with Gasteiger partial charge < -0.3 is 9.84 Å². The highest BCUT2D eigenvalue weighted by Gasteiger charge is 2.10. The number of carboxylic acid groups (broad SMARTS) is 1. The van der Waals surface area contributed by atoms with Crippen molar-refractivity contribution in [3.8, 4) is 0 Å². The maximum atomic E-state index is 10.4. The van der Waals surface area contributed by atoms with Gasteiger partial charge in [-0.05, 0) is 18.9 Å². The highest BCUT2D eigenvalue weighted by molar-refractivity contribution is 5.71. The van der Waals surface area contributed by atoms with Crippen molar-refractivity contribution >= 4 is 5.97 Å². The molecule has 1 rings (SSSR count). The quantitative estimate of drug-likeness (QED) is 0.746. The van der Waals surface area contributed by atoms with Crippen molar-refractivity contribution in [2.75, 3.05) is 6.61 Å². The van der Waals surface area contributed by atoms with E-state index < -0.39 is 12.1 Å². The van der Waals surface area contributed by atoms with E-state index in [1.165, 1.54) is 6.92 Å². The average molecular weight is 198 g/mol. The molecule has 0 saturated carbocycles. The predicted molar refractivity (Wildman–Crippen MR) is 50.0 cm³/mol. The van der Waals surface area contributed by atoms with Crippen LogP contribution in [0.3, 0.4) is 0 Å². The first kappa shape index (κ1) is 10.7. The smallest absolute Gasteiger partial charge is 0.332 e. The van der Waals surface area contributed by atoms with Gasteiger partial charge in [0.2, 0.25) is 0 Å². The molecule has 1 aromatic heterocycles. The highest BCUT2D eigenvalue weighted by atomic mass is 16.5. The van der Waals surface area contributed by atoms with Gasteiger partial charge in [0.05, 0.1) is 12.8 Å². The Kier molecular flexibility index (Phi) is 3.64. The number of nitrogens with zero attached hydrogens (tertiary/aromatic N) is 2. The molecule has 1 aromatic rings. The van der Waals surface area contributed by atoms with Crippen molar-refractivity contribution in [3.05, 3.63) is 18.0 Å². The monoisotopic (exact) mass is 198 g/mol. The Morgan fingerprint density at radius 1 is 1.79 bits per heavy atom. The Balaban J connectivity index is 2.25. The van der Waals surface area contributed by atoms with E-state index in [4.69, 9.17) is 9.84 Å². The number of rotatable bonds is 5. The summed E-state index contributed by atoms with van der Waals surface area (Å²) in [5.74, 6) is -0.934. The number of aliphatic carboxylic acids is 1. The predicted octanol–water partition coefficient (Wildman–Crippen LogP) is 0.452. The largest absolute Gasteiger partial charge is 0.479 e. The molecule has 1 atom stereocenters. The topological polar surface area (TPSA) is 64.4 Å². The van der Waals surface area contributed by atoms with Crippen molar-refractivity contribution in [2.24, 2.45) is 7.05 Å². The van der Waals surface area contributed by atoms with Crippen LogP contribution >= 0.6 is 0 Å². The summed E-state index contributed by atoms with van der Waals surface area (Å²) in [6, 6.07) is 0. The van der Waals surface area contributed by atoms with Crippen LogP contribution in [0.1, 0.15) is 12.5 Å². The molecule has 1 N–H and O–H groups in total. The number of carbonyl (C=O) groups is 1. The van der Waals surface area contributed by atoms with Crippen molar-refractivity contribution in [3.63, 3.8) is 0 Å². The Hall–Kier alpha value is -1.36. The molecule has 78 valence electrons. The lowest BCUT2D eigenvalue weighted by Gasteiger charge is -2.06. The number of aryl methyl sites for hydroxylation is 1. The minimum atomic E-state index is -0.934. The van der Waals surface area contributed by atoms with Crippen molar-refractivity contribution in [1.29, 1.82) is 0 Å². The van der Waals surface area contributed by atoms with E-state index in [0.29, 0.717) is 13.0 Å². The average Bonchev–Trinajstić information content (AvgIpc) is 2.51. The number of hydrogen-bond donors (Lipinski definition) is 1. The van der Waals surface area contributed by atoms with Gasteiger partial charge in [0.1, 0.15) is 0 Å². The Labute approximate surface area is 82.3 Å². The van der Waals surface area contributed by atoms with Gasteiger partial charge in [-0.15, -0.1) is 0 Å². The molecule has 0 unspecified atom stereocenters. The zero-order chi connectivity index (χ0) is 10.6. The second-order valence-electron chi connectivity index (χ2n) is 3.12. The molecule has 0 aromatic carbocycles. The van der Waals surface area contributed by atoms with Crippen LogP contribution in [0.2, 0.25) is 0 Å². The van der Waals surface area contributed by atoms with E-state index in [0.717, 1.165) is 5.56 Å². The summed E-state index contributed by atoms with van der Waals surface area (Å²) in [4.78, 5) is 10.4. The molecule has 0 aliphatic heterocycles. The summed E-state index contributed by atoms with van der Waals surface area (Å²) in [6.45, 7) is 1.92. The van der Waals surface area contributed by atoms with Crippen LogP contribution in [0, 0.1) is 0 Å². The van der Waals surface area contributed by atoms with Crippen LogP contribution in [0.5, 0.6) is 0 Å². The molecule has 0 spiro atoms. The lowest BCUT2D eigenvalue weighted by Crippen LogP contribution is -2.20. The van der Waals surface area contributed by atoms with Crippen LogP contribution in [-0.2, 0) is 23.0 Å². The summed E-state index contributed by atoms with van der Waals surface area (Å²) in [7, 11) is 1.84. The first-order chi connectivity index (χ1) is 6.59. The Bertz CT molecular complexity index is 309. The SMILES string of the molecule is C[C@H](OCCc1cnn(C)c1)C(=O)O. The van der Waals surface area contributed by atoms with E-state index in [1.54, 1.807) is 10.9 Å². The third-order valence-electron chi connectivity index (χ3n) is 1.86. The number of ether oxygens (including phenoxy) is 1. The van der Waals surface area contributed by atoms with Gasteiger partial charge in [0.25, 0.3) is 0 Å². The van der Waals surface area contributed by atoms with Gasteiger partial charge in [-0.2, -0.15) is 5.10 Å². The van der Waals surface area contributed by atoms with Crippen LogP contribution in [0.25, 0.3) is 0 Å². The summed E-state index contributed by atoms with van der Waals surface area (Å²) in [5, 5.41) is 12.5. The summed E-state index contributed by atoms with van der Waals surface area (Å²) >= 11 is 0. The normalized spacial score (nSPS) is 12.7.